The Morgan fingerprint density at radius 3 is 3.00 bits per heavy atom. The normalized spacial score (nSPS) is 12.7. The minimum Gasteiger partial charge on any atom is -0.493 e. The molecule has 102 valence electrons. The van der Waals surface area contributed by atoms with Gasteiger partial charge in [-0.15, -0.1) is 0 Å². The Hall–Kier alpha value is -2.40. The summed E-state index contributed by atoms with van der Waals surface area (Å²) in [5, 5.41) is 2.84. The quantitative estimate of drug-likeness (QED) is 0.889. The highest BCUT2D eigenvalue weighted by molar-refractivity contribution is 6.02. The molecular formula is C15H15N3O2. The van der Waals surface area contributed by atoms with Crippen LogP contribution < -0.4 is 15.8 Å². The fourth-order valence-corrected chi connectivity index (χ4v) is 2.14. The SMILES string of the molecule is NCc1ccc(C(=O)Nc2ccc3c(c2)CCO3)nc1. The first-order valence-electron chi connectivity index (χ1n) is 6.48. The molecule has 20 heavy (non-hydrogen) atoms. The molecule has 1 aliphatic rings. The molecule has 1 aromatic carbocycles. The van der Waals surface area contributed by atoms with Crippen LogP contribution in [0.3, 0.4) is 0 Å². The fraction of sp³-hybridized carbons (Fsp3) is 0.200. The van der Waals surface area contributed by atoms with Gasteiger partial charge in [0, 0.05) is 24.8 Å². The lowest BCUT2D eigenvalue weighted by Gasteiger charge is -2.07. The predicted molar refractivity (Wildman–Crippen MR) is 75.7 cm³/mol. The number of pyridine rings is 1. The van der Waals surface area contributed by atoms with Gasteiger partial charge in [0.2, 0.25) is 0 Å². The van der Waals surface area contributed by atoms with Crippen molar-refractivity contribution in [2.75, 3.05) is 11.9 Å². The van der Waals surface area contributed by atoms with Gasteiger partial charge in [0.05, 0.1) is 6.61 Å². The highest BCUT2D eigenvalue weighted by Crippen LogP contribution is 2.27. The predicted octanol–water partition coefficient (Wildman–Crippen LogP) is 1.73. The van der Waals surface area contributed by atoms with E-state index in [1.807, 2.05) is 18.2 Å². The average Bonchev–Trinajstić information content (AvgIpc) is 2.95. The molecule has 1 amide bonds. The van der Waals surface area contributed by atoms with Crippen LogP contribution in [0.15, 0.2) is 36.5 Å². The van der Waals surface area contributed by atoms with Gasteiger partial charge in [-0.25, -0.2) is 0 Å². The maximum absolute atomic E-state index is 12.1. The summed E-state index contributed by atoms with van der Waals surface area (Å²) in [5.41, 5.74) is 8.65. The van der Waals surface area contributed by atoms with Gasteiger partial charge >= 0.3 is 0 Å². The van der Waals surface area contributed by atoms with E-state index in [1.54, 1.807) is 18.3 Å². The molecule has 0 unspecified atom stereocenters. The zero-order valence-corrected chi connectivity index (χ0v) is 10.9. The van der Waals surface area contributed by atoms with Crippen molar-refractivity contribution in [3.63, 3.8) is 0 Å². The van der Waals surface area contributed by atoms with Crippen LogP contribution in [0.5, 0.6) is 5.75 Å². The topological polar surface area (TPSA) is 77.2 Å². The van der Waals surface area contributed by atoms with Crippen LogP contribution in [0, 0.1) is 0 Å². The number of anilines is 1. The van der Waals surface area contributed by atoms with Gasteiger partial charge in [0.1, 0.15) is 11.4 Å². The van der Waals surface area contributed by atoms with Crippen molar-refractivity contribution < 1.29 is 9.53 Å². The average molecular weight is 269 g/mol. The molecule has 5 nitrogen and oxygen atoms in total. The summed E-state index contributed by atoms with van der Waals surface area (Å²) in [7, 11) is 0. The van der Waals surface area contributed by atoms with E-state index in [1.165, 1.54) is 0 Å². The molecule has 3 N–H and O–H groups in total. The number of benzene rings is 1. The number of carbonyl (C=O) groups excluding carboxylic acids is 1. The van der Waals surface area contributed by atoms with Gasteiger partial charge in [-0.1, -0.05) is 6.07 Å². The third-order valence-electron chi connectivity index (χ3n) is 3.24. The summed E-state index contributed by atoms with van der Waals surface area (Å²) in [6, 6.07) is 9.13. The molecule has 1 aromatic heterocycles. The Morgan fingerprint density at radius 1 is 1.35 bits per heavy atom. The number of aromatic nitrogens is 1. The molecule has 0 atom stereocenters. The van der Waals surface area contributed by atoms with E-state index in [0.717, 1.165) is 29.0 Å². The number of fused-ring (bicyclic) bond motifs is 1. The van der Waals surface area contributed by atoms with Gasteiger partial charge in [0.15, 0.2) is 0 Å². The summed E-state index contributed by atoms with van der Waals surface area (Å²) in [4.78, 5) is 16.2. The summed E-state index contributed by atoms with van der Waals surface area (Å²) in [5.74, 6) is 0.667. The number of rotatable bonds is 3. The number of hydrogen-bond donors (Lipinski definition) is 2. The molecular weight excluding hydrogens is 254 g/mol. The van der Waals surface area contributed by atoms with Gasteiger partial charge in [0.25, 0.3) is 5.91 Å². The zero-order valence-electron chi connectivity index (χ0n) is 10.9. The van der Waals surface area contributed by atoms with E-state index < -0.39 is 0 Å². The van der Waals surface area contributed by atoms with Crippen LogP contribution in [-0.2, 0) is 13.0 Å². The Bertz CT molecular complexity index is 638. The third-order valence-corrected chi connectivity index (χ3v) is 3.24. The number of hydrogen-bond acceptors (Lipinski definition) is 4. The molecule has 1 aliphatic heterocycles. The Labute approximate surface area is 116 Å². The van der Waals surface area contributed by atoms with E-state index in [9.17, 15) is 4.79 Å². The minimum absolute atomic E-state index is 0.229. The van der Waals surface area contributed by atoms with Crippen molar-refractivity contribution in [1.82, 2.24) is 4.98 Å². The lowest BCUT2D eigenvalue weighted by atomic mass is 10.1. The standard InChI is InChI=1S/C15H15N3O2/c16-8-10-1-3-13(17-9-10)15(19)18-12-2-4-14-11(7-12)5-6-20-14/h1-4,7,9H,5-6,8,16H2,(H,18,19). The monoisotopic (exact) mass is 269 g/mol. The molecule has 2 aromatic rings. The number of nitrogens with one attached hydrogen (secondary N) is 1. The first-order valence-corrected chi connectivity index (χ1v) is 6.48. The van der Waals surface area contributed by atoms with Crippen LogP contribution >= 0.6 is 0 Å². The first-order chi connectivity index (χ1) is 9.76. The van der Waals surface area contributed by atoms with Crippen molar-refractivity contribution in [3.05, 3.63) is 53.3 Å². The molecule has 0 bridgehead atoms. The highest BCUT2D eigenvalue weighted by atomic mass is 16.5. The Balaban J connectivity index is 1.75. The van der Waals surface area contributed by atoms with Crippen LogP contribution in [0.1, 0.15) is 21.6 Å². The van der Waals surface area contributed by atoms with E-state index >= 15 is 0 Å². The van der Waals surface area contributed by atoms with Crippen LogP contribution in [0.25, 0.3) is 0 Å². The van der Waals surface area contributed by atoms with Crippen molar-refractivity contribution in [1.29, 1.82) is 0 Å². The van der Waals surface area contributed by atoms with E-state index in [4.69, 9.17) is 10.5 Å². The lowest BCUT2D eigenvalue weighted by molar-refractivity contribution is 0.102. The second-order valence-corrected chi connectivity index (χ2v) is 4.63. The summed E-state index contributed by atoms with van der Waals surface area (Å²) < 4.78 is 5.43. The Morgan fingerprint density at radius 2 is 2.25 bits per heavy atom. The maximum atomic E-state index is 12.1. The maximum Gasteiger partial charge on any atom is 0.274 e. The molecule has 0 saturated carbocycles. The van der Waals surface area contributed by atoms with Crippen molar-refractivity contribution in [2.24, 2.45) is 5.73 Å². The molecule has 5 heteroatoms. The fourth-order valence-electron chi connectivity index (χ4n) is 2.14. The molecule has 0 saturated heterocycles. The second kappa shape index (κ2) is 5.30. The van der Waals surface area contributed by atoms with Crippen LogP contribution in [-0.4, -0.2) is 17.5 Å². The summed E-state index contributed by atoms with van der Waals surface area (Å²) >= 11 is 0. The largest absolute Gasteiger partial charge is 0.493 e. The van der Waals surface area contributed by atoms with Crippen molar-refractivity contribution in [2.45, 2.75) is 13.0 Å². The third kappa shape index (κ3) is 2.48. The molecule has 0 fully saturated rings. The second-order valence-electron chi connectivity index (χ2n) is 4.63. The zero-order chi connectivity index (χ0) is 13.9. The van der Waals surface area contributed by atoms with Crippen LogP contribution in [0.4, 0.5) is 5.69 Å². The van der Waals surface area contributed by atoms with E-state index in [0.29, 0.717) is 18.8 Å². The molecule has 3 rings (SSSR count). The van der Waals surface area contributed by atoms with Crippen molar-refractivity contribution in [3.8, 4) is 5.75 Å². The Kier molecular flexibility index (Phi) is 3.35. The smallest absolute Gasteiger partial charge is 0.274 e. The summed E-state index contributed by atoms with van der Waals surface area (Å²) in [6.07, 6.45) is 2.49. The molecule has 0 spiro atoms. The van der Waals surface area contributed by atoms with E-state index in [-0.39, 0.29) is 5.91 Å². The van der Waals surface area contributed by atoms with Crippen LogP contribution in [0.2, 0.25) is 0 Å². The van der Waals surface area contributed by atoms with Crippen molar-refractivity contribution >= 4 is 11.6 Å². The van der Waals surface area contributed by atoms with Gasteiger partial charge in [-0.3, -0.25) is 9.78 Å². The molecule has 0 radical (unpaired) electrons. The first kappa shape index (κ1) is 12.6. The number of ether oxygens (including phenoxy) is 1. The minimum atomic E-state index is -0.229. The molecule has 0 aliphatic carbocycles. The van der Waals surface area contributed by atoms with Gasteiger partial charge < -0.3 is 15.8 Å². The summed E-state index contributed by atoms with van der Waals surface area (Å²) in [6.45, 7) is 1.12. The number of nitrogens with zero attached hydrogens (tertiary/aromatic N) is 1. The molecule has 2 heterocycles. The van der Waals surface area contributed by atoms with E-state index in [2.05, 4.69) is 10.3 Å². The lowest BCUT2D eigenvalue weighted by Crippen LogP contribution is -2.14. The number of amides is 1. The number of nitrogens with two attached hydrogens (primary N) is 1. The van der Waals surface area contributed by atoms with Gasteiger partial charge in [-0.2, -0.15) is 0 Å². The van der Waals surface area contributed by atoms with Gasteiger partial charge in [-0.05, 0) is 35.4 Å². The number of carbonyl (C=O) groups is 1. The highest BCUT2D eigenvalue weighted by Gasteiger charge is 2.13.